The zero-order valence-electron chi connectivity index (χ0n) is 13.4. The Hall–Kier alpha value is -3.25. The van der Waals surface area contributed by atoms with E-state index in [0.717, 1.165) is 16.3 Å². The summed E-state index contributed by atoms with van der Waals surface area (Å²) in [6.07, 6.45) is 1.58. The summed E-state index contributed by atoms with van der Waals surface area (Å²) >= 11 is 0. The Labute approximate surface area is 144 Å². The molecule has 0 fully saturated rings. The van der Waals surface area contributed by atoms with Crippen molar-refractivity contribution >= 4 is 22.6 Å². The van der Waals surface area contributed by atoms with Gasteiger partial charge in [-0.25, -0.2) is 4.98 Å². The Morgan fingerprint density at radius 3 is 2.52 bits per heavy atom. The van der Waals surface area contributed by atoms with Gasteiger partial charge in [0.1, 0.15) is 6.61 Å². The van der Waals surface area contributed by atoms with Crippen molar-refractivity contribution in [1.82, 2.24) is 10.3 Å². The second-order valence-corrected chi connectivity index (χ2v) is 5.38. The molecule has 3 N–H and O–H groups in total. The number of rotatable bonds is 5. The lowest BCUT2D eigenvalue weighted by molar-refractivity contribution is -0.118. The van der Waals surface area contributed by atoms with E-state index in [1.807, 2.05) is 54.6 Å². The Bertz CT molecular complexity index is 910. The van der Waals surface area contributed by atoms with Crippen LogP contribution in [0.15, 0.2) is 60.8 Å². The maximum Gasteiger partial charge on any atom is 0.280 e. The highest BCUT2D eigenvalue weighted by molar-refractivity contribution is 6.08. The largest absolute Gasteiger partial charge is 0.486 e. The van der Waals surface area contributed by atoms with Gasteiger partial charge in [-0.1, -0.05) is 54.6 Å². The van der Waals surface area contributed by atoms with Crippen molar-refractivity contribution in [3.63, 3.8) is 0 Å². The summed E-state index contributed by atoms with van der Waals surface area (Å²) in [6.45, 7) is 0.00116. The lowest BCUT2D eigenvalue weighted by Crippen LogP contribution is -2.36. The number of amides is 2. The van der Waals surface area contributed by atoms with E-state index in [0.29, 0.717) is 5.75 Å². The van der Waals surface area contributed by atoms with E-state index in [2.05, 4.69) is 10.3 Å². The van der Waals surface area contributed by atoms with Crippen LogP contribution in [0.1, 0.15) is 16.1 Å². The molecule has 2 amide bonds. The summed E-state index contributed by atoms with van der Waals surface area (Å²) < 4.78 is 5.91. The van der Waals surface area contributed by atoms with Crippen molar-refractivity contribution in [1.29, 1.82) is 0 Å². The highest BCUT2D eigenvalue weighted by Gasteiger charge is 2.19. The molecule has 0 atom stereocenters. The number of ether oxygens (including phenoxy) is 1. The van der Waals surface area contributed by atoms with Crippen LogP contribution in [0.4, 0.5) is 0 Å². The molecule has 0 aliphatic rings. The maximum absolute atomic E-state index is 12.4. The van der Waals surface area contributed by atoms with Crippen molar-refractivity contribution in [2.75, 3.05) is 6.54 Å². The number of carbonyl (C=O) groups is 2. The second-order valence-electron chi connectivity index (χ2n) is 5.38. The van der Waals surface area contributed by atoms with Crippen LogP contribution in [0.2, 0.25) is 0 Å². The van der Waals surface area contributed by atoms with Gasteiger partial charge in [0.25, 0.3) is 5.91 Å². The predicted molar refractivity (Wildman–Crippen MR) is 94.0 cm³/mol. The molecule has 0 spiro atoms. The van der Waals surface area contributed by atoms with Gasteiger partial charge in [-0.15, -0.1) is 0 Å². The fourth-order valence-corrected chi connectivity index (χ4v) is 2.41. The highest BCUT2D eigenvalue weighted by atomic mass is 16.5. The molecule has 1 heterocycles. The molecule has 6 heteroatoms. The molecule has 25 heavy (non-hydrogen) atoms. The number of nitrogens with zero attached hydrogens (tertiary/aromatic N) is 1. The van der Waals surface area contributed by atoms with Crippen LogP contribution >= 0.6 is 0 Å². The average Bonchev–Trinajstić information content (AvgIpc) is 2.66. The molecular weight excluding hydrogens is 318 g/mol. The molecule has 126 valence electrons. The van der Waals surface area contributed by atoms with Crippen LogP contribution in [-0.4, -0.2) is 23.3 Å². The molecule has 3 rings (SSSR count). The van der Waals surface area contributed by atoms with Crippen LogP contribution < -0.4 is 15.8 Å². The number of aromatic nitrogens is 1. The Morgan fingerprint density at radius 1 is 1.04 bits per heavy atom. The van der Waals surface area contributed by atoms with Crippen LogP contribution in [0.5, 0.6) is 5.75 Å². The van der Waals surface area contributed by atoms with Gasteiger partial charge < -0.3 is 10.5 Å². The van der Waals surface area contributed by atoms with Crippen molar-refractivity contribution in [3.8, 4) is 5.75 Å². The first-order valence-corrected chi connectivity index (χ1v) is 7.77. The maximum atomic E-state index is 12.4. The van der Waals surface area contributed by atoms with Gasteiger partial charge in [0.15, 0.2) is 11.4 Å². The molecule has 3 aromatic rings. The van der Waals surface area contributed by atoms with Gasteiger partial charge in [-0.3, -0.25) is 14.9 Å². The summed E-state index contributed by atoms with van der Waals surface area (Å²) in [4.78, 5) is 28.0. The Kier molecular flexibility index (Phi) is 5.01. The van der Waals surface area contributed by atoms with Gasteiger partial charge in [0.2, 0.25) is 5.91 Å². The van der Waals surface area contributed by atoms with Crippen molar-refractivity contribution in [2.24, 2.45) is 5.73 Å². The second kappa shape index (κ2) is 7.55. The van der Waals surface area contributed by atoms with E-state index in [-0.39, 0.29) is 18.8 Å². The fourth-order valence-electron chi connectivity index (χ4n) is 2.41. The first-order chi connectivity index (χ1) is 12.2. The number of nitrogens with one attached hydrogen (secondary N) is 1. The quantitative estimate of drug-likeness (QED) is 0.744. The number of nitrogens with two attached hydrogens (primary N) is 1. The van der Waals surface area contributed by atoms with Crippen molar-refractivity contribution < 1.29 is 14.3 Å². The topological polar surface area (TPSA) is 94.3 Å². The number of benzene rings is 2. The summed E-state index contributed by atoms with van der Waals surface area (Å²) in [7, 11) is 0. The van der Waals surface area contributed by atoms with Crippen LogP contribution in [0.3, 0.4) is 0 Å². The minimum atomic E-state index is -0.635. The van der Waals surface area contributed by atoms with Gasteiger partial charge in [-0.05, 0) is 5.56 Å². The monoisotopic (exact) mass is 335 g/mol. The van der Waals surface area contributed by atoms with Gasteiger partial charge in [-0.2, -0.15) is 0 Å². The molecular formula is C19H17N3O3. The molecule has 0 aliphatic carbocycles. The van der Waals surface area contributed by atoms with E-state index >= 15 is 0 Å². The van der Waals surface area contributed by atoms with E-state index in [1.54, 1.807) is 6.20 Å². The smallest absolute Gasteiger partial charge is 0.280 e. The van der Waals surface area contributed by atoms with Crippen LogP contribution in [0, 0.1) is 0 Å². The molecule has 2 aromatic carbocycles. The van der Waals surface area contributed by atoms with E-state index in [1.165, 1.54) is 0 Å². The number of hydrogen-bond donors (Lipinski definition) is 2. The molecule has 0 unspecified atom stereocenters. The van der Waals surface area contributed by atoms with Gasteiger partial charge in [0.05, 0.1) is 6.54 Å². The van der Waals surface area contributed by atoms with Crippen LogP contribution in [0.25, 0.3) is 10.8 Å². The third kappa shape index (κ3) is 3.81. The first-order valence-electron chi connectivity index (χ1n) is 7.77. The summed E-state index contributed by atoms with van der Waals surface area (Å²) in [5.74, 6) is -0.873. The SMILES string of the molecule is NCC(=O)NC(=O)c1ncc2ccccc2c1OCc1ccccc1. The standard InChI is InChI=1S/C19H17N3O3/c20-10-16(23)22-19(24)17-18(25-12-13-6-2-1-3-7-13)15-9-5-4-8-14(15)11-21-17/h1-9,11H,10,12,20H2,(H,22,23,24). The van der Waals surface area contributed by atoms with Crippen LogP contribution in [-0.2, 0) is 11.4 Å². The van der Waals surface area contributed by atoms with Gasteiger partial charge in [0, 0.05) is 17.0 Å². The molecule has 1 aromatic heterocycles. The lowest BCUT2D eigenvalue weighted by Gasteiger charge is -2.13. The molecule has 6 nitrogen and oxygen atoms in total. The highest BCUT2D eigenvalue weighted by Crippen LogP contribution is 2.29. The number of imide groups is 1. The summed E-state index contributed by atoms with van der Waals surface area (Å²) in [5, 5.41) is 3.79. The first kappa shape index (κ1) is 16.6. The molecule has 0 radical (unpaired) electrons. The number of hydrogen-bond acceptors (Lipinski definition) is 5. The normalized spacial score (nSPS) is 10.4. The minimum absolute atomic E-state index is 0.0523. The summed E-state index contributed by atoms with van der Waals surface area (Å²) in [6, 6.07) is 17.0. The van der Waals surface area contributed by atoms with Gasteiger partial charge >= 0.3 is 0 Å². The Balaban J connectivity index is 1.98. The molecule has 0 saturated heterocycles. The number of fused-ring (bicyclic) bond motifs is 1. The third-order valence-corrected chi connectivity index (χ3v) is 3.63. The predicted octanol–water partition coefficient (Wildman–Crippen LogP) is 2.03. The third-order valence-electron chi connectivity index (χ3n) is 3.63. The van der Waals surface area contributed by atoms with Crippen molar-refractivity contribution in [2.45, 2.75) is 6.61 Å². The lowest BCUT2D eigenvalue weighted by atomic mass is 10.1. The van der Waals surface area contributed by atoms with E-state index in [9.17, 15) is 9.59 Å². The number of pyridine rings is 1. The van der Waals surface area contributed by atoms with E-state index in [4.69, 9.17) is 10.5 Å². The Morgan fingerprint density at radius 2 is 1.76 bits per heavy atom. The molecule has 0 saturated carbocycles. The van der Waals surface area contributed by atoms with E-state index < -0.39 is 11.8 Å². The molecule has 0 bridgehead atoms. The number of carbonyl (C=O) groups excluding carboxylic acids is 2. The summed E-state index contributed by atoms with van der Waals surface area (Å²) in [5.41, 5.74) is 6.26. The average molecular weight is 335 g/mol. The molecule has 0 aliphatic heterocycles. The van der Waals surface area contributed by atoms with Crippen molar-refractivity contribution in [3.05, 3.63) is 72.1 Å². The zero-order chi connectivity index (χ0) is 17.6. The minimum Gasteiger partial charge on any atom is -0.486 e. The fraction of sp³-hybridized carbons (Fsp3) is 0.105. The zero-order valence-corrected chi connectivity index (χ0v) is 13.4.